The van der Waals surface area contributed by atoms with Crippen molar-refractivity contribution in [2.75, 3.05) is 26.2 Å². The lowest BCUT2D eigenvalue weighted by Crippen LogP contribution is -2.36. The highest BCUT2D eigenvalue weighted by atomic mass is 19.1. The van der Waals surface area contributed by atoms with E-state index in [-0.39, 0.29) is 5.92 Å². The average Bonchev–Trinajstić information content (AvgIpc) is 2.69. The van der Waals surface area contributed by atoms with Crippen molar-refractivity contribution in [3.63, 3.8) is 0 Å². The Balaban J connectivity index is 2.26. The fourth-order valence-corrected chi connectivity index (χ4v) is 2.46. The number of alkyl halides is 1. The normalized spacial score (nSPS) is 30.8. The number of likely N-dealkylation sites (tertiary alicyclic amines) is 1. The highest BCUT2D eigenvalue weighted by Gasteiger charge is 2.46. The fourth-order valence-electron chi connectivity index (χ4n) is 2.46. The van der Waals surface area contributed by atoms with Crippen LogP contribution in [0.3, 0.4) is 0 Å². The van der Waals surface area contributed by atoms with Gasteiger partial charge in [0, 0.05) is 19.0 Å². The Bertz CT molecular complexity index is 343. The van der Waals surface area contributed by atoms with Crippen LogP contribution in [0.4, 0.5) is 4.39 Å². The maximum Gasteiger partial charge on any atom is 0.154 e. The van der Waals surface area contributed by atoms with Crippen LogP contribution in [0.1, 0.15) is 18.4 Å². The van der Waals surface area contributed by atoms with Gasteiger partial charge in [0.2, 0.25) is 0 Å². The standard InChI is InChI=1S/C13H18FNO/c1-2-15-8-12(13(14,9-15)10-16)11-6-4-3-5-7-11/h3-7,12,16H,2,8-10H2,1H3/t12-,13-/m0/s1. The molecule has 1 aliphatic rings. The maximum absolute atomic E-state index is 14.5. The number of benzene rings is 1. The summed E-state index contributed by atoms with van der Waals surface area (Å²) < 4.78 is 14.5. The summed E-state index contributed by atoms with van der Waals surface area (Å²) in [6.07, 6.45) is 0. The number of rotatable bonds is 3. The monoisotopic (exact) mass is 223 g/mol. The van der Waals surface area contributed by atoms with Crippen LogP contribution in [-0.4, -0.2) is 41.9 Å². The van der Waals surface area contributed by atoms with Crippen LogP contribution in [0.5, 0.6) is 0 Å². The molecule has 88 valence electrons. The van der Waals surface area contributed by atoms with Gasteiger partial charge in [-0.25, -0.2) is 4.39 Å². The van der Waals surface area contributed by atoms with E-state index in [0.717, 1.165) is 12.1 Å². The molecule has 3 heteroatoms. The summed E-state index contributed by atoms with van der Waals surface area (Å²) in [5.41, 5.74) is -0.507. The molecule has 2 atom stereocenters. The summed E-state index contributed by atoms with van der Waals surface area (Å²) in [4.78, 5) is 2.05. The highest BCUT2D eigenvalue weighted by Crippen LogP contribution is 2.38. The molecule has 1 N–H and O–H groups in total. The van der Waals surface area contributed by atoms with Gasteiger partial charge in [-0.15, -0.1) is 0 Å². The smallest absolute Gasteiger partial charge is 0.154 e. The van der Waals surface area contributed by atoms with E-state index in [4.69, 9.17) is 0 Å². The first-order valence-corrected chi connectivity index (χ1v) is 5.76. The zero-order valence-corrected chi connectivity index (χ0v) is 9.56. The average molecular weight is 223 g/mol. The number of nitrogens with zero attached hydrogens (tertiary/aromatic N) is 1. The first kappa shape index (κ1) is 11.6. The lowest BCUT2D eigenvalue weighted by Gasteiger charge is -2.24. The van der Waals surface area contributed by atoms with Crippen LogP contribution in [0, 0.1) is 0 Å². The zero-order valence-electron chi connectivity index (χ0n) is 9.56. The second kappa shape index (κ2) is 4.52. The van der Waals surface area contributed by atoms with Crippen molar-refractivity contribution in [2.24, 2.45) is 0 Å². The fraction of sp³-hybridized carbons (Fsp3) is 0.538. The molecular weight excluding hydrogens is 205 g/mol. The van der Waals surface area contributed by atoms with Crippen LogP contribution in [-0.2, 0) is 0 Å². The van der Waals surface area contributed by atoms with E-state index in [0.29, 0.717) is 13.1 Å². The number of halogens is 1. The molecule has 1 heterocycles. The van der Waals surface area contributed by atoms with Gasteiger partial charge < -0.3 is 5.11 Å². The van der Waals surface area contributed by atoms with Crippen molar-refractivity contribution in [2.45, 2.75) is 18.5 Å². The second-order valence-electron chi connectivity index (χ2n) is 4.48. The maximum atomic E-state index is 14.5. The minimum atomic E-state index is -1.49. The molecular formula is C13H18FNO. The van der Waals surface area contributed by atoms with Gasteiger partial charge in [-0.3, -0.25) is 4.90 Å². The summed E-state index contributed by atoms with van der Waals surface area (Å²) in [7, 11) is 0. The summed E-state index contributed by atoms with van der Waals surface area (Å²) in [5.74, 6) is -0.210. The van der Waals surface area contributed by atoms with Gasteiger partial charge in [0.1, 0.15) is 0 Å². The van der Waals surface area contributed by atoms with E-state index in [1.165, 1.54) is 0 Å². The van der Waals surface area contributed by atoms with Crippen LogP contribution < -0.4 is 0 Å². The third kappa shape index (κ3) is 1.97. The minimum Gasteiger partial charge on any atom is -0.393 e. The van der Waals surface area contributed by atoms with E-state index in [1.807, 2.05) is 42.2 Å². The molecule has 1 saturated heterocycles. The molecule has 0 amide bonds. The predicted octanol–water partition coefficient (Wildman–Crippen LogP) is 1.81. The molecule has 0 radical (unpaired) electrons. The molecule has 0 unspecified atom stereocenters. The first-order chi connectivity index (χ1) is 7.69. The molecule has 0 aromatic heterocycles. The SMILES string of the molecule is CCN1C[C@@H](c2ccccc2)[C@@](F)(CO)C1. The number of aliphatic hydroxyl groups is 1. The Kier molecular flexibility index (Phi) is 3.26. The van der Waals surface area contributed by atoms with Crippen LogP contribution in [0.15, 0.2) is 30.3 Å². The summed E-state index contributed by atoms with van der Waals surface area (Å²) in [6, 6.07) is 9.64. The molecule has 16 heavy (non-hydrogen) atoms. The molecule has 1 fully saturated rings. The van der Waals surface area contributed by atoms with E-state index >= 15 is 0 Å². The molecule has 2 rings (SSSR count). The Morgan fingerprint density at radius 1 is 1.44 bits per heavy atom. The molecule has 0 saturated carbocycles. The van der Waals surface area contributed by atoms with E-state index in [2.05, 4.69) is 0 Å². The molecule has 1 aromatic rings. The molecule has 2 nitrogen and oxygen atoms in total. The highest BCUT2D eigenvalue weighted by molar-refractivity contribution is 5.26. The van der Waals surface area contributed by atoms with Gasteiger partial charge in [-0.2, -0.15) is 0 Å². The van der Waals surface area contributed by atoms with Crippen molar-refractivity contribution in [3.05, 3.63) is 35.9 Å². The topological polar surface area (TPSA) is 23.5 Å². The number of hydrogen-bond acceptors (Lipinski definition) is 2. The largest absolute Gasteiger partial charge is 0.393 e. The Labute approximate surface area is 95.7 Å². The van der Waals surface area contributed by atoms with Gasteiger partial charge in [0.05, 0.1) is 6.61 Å². The molecule has 1 aromatic carbocycles. The Morgan fingerprint density at radius 3 is 2.69 bits per heavy atom. The zero-order chi connectivity index (χ0) is 11.6. The van der Waals surface area contributed by atoms with Gasteiger partial charge in [-0.1, -0.05) is 37.3 Å². The minimum absolute atomic E-state index is 0.210. The van der Waals surface area contributed by atoms with Gasteiger partial charge >= 0.3 is 0 Å². The van der Waals surface area contributed by atoms with Crippen molar-refractivity contribution in [1.29, 1.82) is 0 Å². The van der Waals surface area contributed by atoms with Crippen molar-refractivity contribution in [3.8, 4) is 0 Å². The second-order valence-corrected chi connectivity index (χ2v) is 4.48. The summed E-state index contributed by atoms with van der Waals surface area (Å²) in [6.45, 7) is 3.47. The van der Waals surface area contributed by atoms with E-state index in [1.54, 1.807) is 0 Å². The molecule has 1 aliphatic heterocycles. The first-order valence-electron chi connectivity index (χ1n) is 5.76. The van der Waals surface area contributed by atoms with Crippen molar-refractivity contribution >= 4 is 0 Å². The number of hydrogen-bond donors (Lipinski definition) is 1. The van der Waals surface area contributed by atoms with Crippen LogP contribution in [0.25, 0.3) is 0 Å². The third-order valence-corrected chi connectivity index (χ3v) is 3.46. The van der Waals surface area contributed by atoms with Gasteiger partial charge in [0.25, 0.3) is 0 Å². The van der Waals surface area contributed by atoms with E-state index < -0.39 is 12.3 Å². The van der Waals surface area contributed by atoms with Crippen LogP contribution in [0.2, 0.25) is 0 Å². The van der Waals surface area contributed by atoms with Gasteiger partial charge in [-0.05, 0) is 12.1 Å². The molecule has 0 bridgehead atoms. The number of likely N-dealkylation sites (N-methyl/N-ethyl adjacent to an activating group) is 1. The summed E-state index contributed by atoms with van der Waals surface area (Å²) >= 11 is 0. The summed E-state index contributed by atoms with van der Waals surface area (Å²) in [5, 5.41) is 9.27. The Morgan fingerprint density at radius 2 is 2.12 bits per heavy atom. The predicted molar refractivity (Wildman–Crippen MR) is 62.2 cm³/mol. The van der Waals surface area contributed by atoms with Crippen molar-refractivity contribution < 1.29 is 9.50 Å². The Hall–Kier alpha value is -0.930. The molecule has 0 spiro atoms. The van der Waals surface area contributed by atoms with Crippen LogP contribution >= 0.6 is 0 Å². The lowest BCUT2D eigenvalue weighted by molar-refractivity contribution is 0.0657. The quantitative estimate of drug-likeness (QED) is 0.844. The molecule has 0 aliphatic carbocycles. The number of aliphatic hydroxyl groups excluding tert-OH is 1. The lowest BCUT2D eigenvalue weighted by atomic mass is 9.87. The van der Waals surface area contributed by atoms with E-state index in [9.17, 15) is 9.50 Å². The van der Waals surface area contributed by atoms with Crippen molar-refractivity contribution in [1.82, 2.24) is 4.90 Å². The van der Waals surface area contributed by atoms with Gasteiger partial charge in [0.15, 0.2) is 5.67 Å². The third-order valence-electron chi connectivity index (χ3n) is 3.46.